The van der Waals surface area contributed by atoms with Crippen LogP contribution in [0.2, 0.25) is 0 Å². The molecule has 10 nitrogen and oxygen atoms in total. The fourth-order valence-corrected chi connectivity index (χ4v) is 4.06. The van der Waals surface area contributed by atoms with E-state index in [4.69, 9.17) is 10.5 Å². The van der Waals surface area contributed by atoms with Crippen molar-refractivity contribution in [2.75, 3.05) is 18.9 Å². The van der Waals surface area contributed by atoms with Crippen molar-refractivity contribution < 1.29 is 14.6 Å². The molecule has 172 valence electrons. The van der Waals surface area contributed by atoms with E-state index in [0.717, 1.165) is 10.9 Å². The van der Waals surface area contributed by atoms with Crippen molar-refractivity contribution in [3.63, 3.8) is 0 Å². The van der Waals surface area contributed by atoms with Gasteiger partial charge in [0.1, 0.15) is 5.01 Å². The molecular formula is C23H21N7O3S. The van der Waals surface area contributed by atoms with Crippen molar-refractivity contribution in [3.05, 3.63) is 58.3 Å². The maximum atomic E-state index is 12.2. The lowest BCUT2D eigenvalue weighted by Crippen LogP contribution is -2.42. The summed E-state index contributed by atoms with van der Waals surface area (Å²) in [6.45, 7) is 2.70. The molecule has 0 radical (unpaired) electrons. The van der Waals surface area contributed by atoms with Crippen LogP contribution >= 0.6 is 11.3 Å². The average Bonchev–Trinajstić information content (AvgIpc) is 3.46. The van der Waals surface area contributed by atoms with Crippen LogP contribution in [0.1, 0.15) is 23.1 Å². The summed E-state index contributed by atoms with van der Waals surface area (Å²) in [4.78, 5) is 24.9. The number of rotatable bonds is 5. The van der Waals surface area contributed by atoms with Crippen LogP contribution in [0.4, 0.5) is 5.95 Å². The number of anilines is 1. The van der Waals surface area contributed by atoms with Gasteiger partial charge < -0.3 is 20.9 Å². The Bertz CT molecular complexity index is 1420. The number of carbonyl (C=O) groups is 1. The molecule has 0 aliphatic carbocycles. The molecule has 1 aliphatic rings. The van der Waals surface area contributed by atoms with Crippen LogP contribution in [0.5, 0.6) is 0 Å². The molecule has 1 amide bonds. The normalized spacial score (nSPS) is 15.2. The Kier molecular flexibility index (Phi) is 5.70. The summed E-state index contributed by atoms with van der Waals surface area (Å²) in [7, 11) is 0. The Morgan fingerprint density at radius 3 is 2.97 bits per heavy atom. The predicted octanol–water partition coefficient (Wildman–Crippen LogP) is 1.38. The minimum atomic E-state index is -1.36. The highest BCUT2D eigenvalue weighted by Crippen LogP contribution is 2.24. The van der Waals surface area contributed by atoms with Crippen molar-refractivity contribution in [1.82, 2.24) is 30.0 Å². The van der Waals surface area contributed by atoms with Crippen molar-refractivity contribution in [1.29, 1.82) is 0 Å². The lowest BCUT2D eigenvalue weighted by atomic mass is 10.1. The molecule has 34 heavy (non-hydrogen) atoms. The minimum absolute atomic E-state index is 0.0795. The zero-order valence-corrected chi connectivity index (χ0v) is 19.0. The van der Waals surface area contributed by atoms with Crippen LogP contribution in [0.15, 0.2) is 42.2 Å². The van der Waals surface area contributed by atoms with E-state index in [-0.39, 0.29) is 24.3 Å². The highest BCUT2D eigenvalue weighted by atomic mass is 32.1. The Balaban J connectivity index is 1.47. The number of nitrogens with one attached hydrogen (secondary N) is 1. The standard InChI is InChI=1S/C23H21N7O3S/c1-23(32,21-25-6-7-34-21)5-4-14-2-3-15-11-28-30(18(15)8-14)19-16(10-27-22(24)29-19)9-26-20(31)17-12-33-13-17/h2-3,6-8,10-11,17,32H,9,12-13H2,1H3,(H,26,31)(H2,24,27,29). The Labute approximate surface area is 198 Å². The second-order valence-corrected chi connectivity index (χ2v) is 8.91. The van der Waals surface area contributed by atoms with Crippen molar-refractivity contribution in [2.24, 2.45) is 5.92 Å². The number of nitrogens with zero attached hydrogens (tertiary/aromatic N) is 5. The number of ether oxygens (including phenoxy) is 1. The van der Waals surface area contributed by atoms with Gasteiger partial charge in [-0.25, -0.2) is 14.6 Å². The van der Waals surface area contributed by atoms with Gasteiger partial charge in [0.05, 0.1) is 30.8 Å². The monoisotopic (exact) mass is 475 g/mol. The number of aliphatic hydroxyl groups is 1. The molecule has 4 N–H and O–H groups in total. The van der Waals surface area contributed by atoms with E-state index in [0.29, 0.717) is 35.2 Å². The van der Waals surface area contributed by atoms with Gasteiger partial charge in [-0.05, 0) is 25.1 Å². The van der Waals surface area contributed by atoms with Crippen molar-refractivity contribution in [2.45, 2.75) is 19.1 Å². The SMILES string of the molecule is CC(O)(C#Cc1ccc2cnn(-c3nc(N)ncc3CNC(=O)C3COC3)c2c1)c1nccs1. The van der Waals surface area contributed by atoms with Gasteiger partial charge in [-0.2, -0.15) is 10.1 Å². The molecule has 0 saturated carbocycles. The number of aromatic nitrogens is 5. The fourth-order valence-electron chi connectivity index (χ4n) is 3.41. The smallest absolute Gasteiger partial charge is 0.228 e. The summed E-state index contributed by atoms with van der Waals surface area (Å²) >= 11 is 1.34. The van der Waals surface area contributed by atoms with Gasteiger partial charge in [0.15, 0.2) is 11.4 Å². The van der Waals surface area contributed by atoms with Gasteiger partial charge in [0.2, 0.25) is 11.9 Å². The lowest BCUT2D eigenvalue weighted by molar-refractivity contribution is -0.139. The van der Waals surface area contributed by atoms with Crippen LogP contribution in [-0.4, -0.2) is 49.0 Å². The average molecular weight is 476 g/mol. The molecule has 4 aromatic rings. The molecule has 4 heterocycles. The number of hydrogen-bond acceptors (Lipinski definition) is 9. The van der Waals surface area contributed by atoms with E-state index < -0.39 is 5.60 Å². The second kappa shape index (κ2) is 8.83. The zero-order valence-electron chi connectivity index (χ0n) is 18.2. The number of hydrogen-bond donors (Lipinski definition) is 3. The summed E-state index contributed by atoms with van der Waals surface area (Å²) in [6.07, 6.45) is 4.93. The maximum Gasteiger partial charge on any atom is 0.228 e. The van der Waals surface area contributed by atoms with E-state index >= 15 is 0 Å². The van der Waals surface area contributed by atoms with Gasteiger partial charge in [0, 0.05) is 40.8 Å². The molecule has 0 bridgehead atoms. The van der Waals surface area contributed by atoms with Gasteiger partial charge >= 0.3 is 0 Å². The van der Waals surface area contributed by atoms with Gasteiger partial charge in [-0.1, -0.05) is 11.8 Å². The molecule has 0 spiro atoms. The zero-order chi connectivity index (χ0) is 23.7. The van der Waals surface area contributed by atoms with Crippen LogP contribution in [0, 0.1) is 17.8 Å². The second-order valence-electron chi connectivity index (χ2n) is 8.02. The number of nitrogen functional groups attached to an aromatic ring is 1. The molecule has 1 aliphatic heterocycles. The molecule has 5 rings (SSSR count). The quantitative estimate of drug-likeness (QED) is 0.368. The van der Waals surface area contributed by atoms with E-state index in [1.807, 2.05) is 18.2 Å². The van der Waals surface area contributed by atoms with E-state index in [2.05, 4.69) is 37.2 Å². The molecule has 1 saturated heterocycles. The number of carbonyl (C=O) groups excluding carboxylic acids is 1. The van der Waals surface area contributed by atoms with Gasteiger partial charge in [-0.15, -0.1) is 11.3 Å². The van der Waals surface area contributed by atoms with Gasteiger partial charge in [0.25, 0.3) is 0 Å². The number of fused-ring (bicyclic) bond motifs is 1. The van der Waals surface area contributed by atoms with Crippen molar-refractivity contribution >= 4 is 34.1 Å². The Morgan fingerprint density at radius 1 is 1.38 bits per heavy atom. The molecule has 1 unspecified atom stereocenters. The first-order chi connectivity index (χ1) is 16.4. The molecule has 1 aromatic carbocycles. The number of amides is 1. The molecule has 11 heteroatoms. The van der Waals surface area contributed by atoms with Crippen LogP contribution < -0.4 is 11.1 Å². The molecule has 3 aromatic heterocycles. The van der Waals surface area contributed by atoms with Crippen LogP contribution in [0.3, 0.4) is 0 Å². The summed E-state index contributed by atoms with van der Waals surface area (Å²) in [5, 5.41) is 21.2. The summed E-state index contributed by atoms with van der Waals surface area (Å²) in [5.41, 5.74) is 6.60. The van der Waals surface area contributed by atoms with E-state index in [9.17, 15) is 9.90 Å². The third kappa shape index (κ3) is 4.34. The first kappa shape index (κ1) is 22.0. The molecule has 1 atom stereocenters. The number of thiazole rings is 1. The topological polar surface area (TPSA) is 141 Å². The summed E-state index contributed by atoms with van der Waals surface area (Å²) in [5.74, 6) is 6.26. The summed E-state index contributed by atoms with van der Waals surface area (Å²) < 4.78 is 6.73. The fraction of sp³-hybridized carbons (Fsp3) is 0.261. The predicted molar refractivity (Wildman–Crippen MR) is 126 cm³/mol. The van der Waals surface area contributed by atoms with E-state index in [1.165, 1.54) is 11.3 Å². The van der Waals surface area contributed by atoms with Crippen molar-refractivity contribution in [3.8, 4) is 17.7 Å². The maximum absolute atomic E-state index is 12.2. The van der Waals surface area contributed by atoms with E-state index in [1.54, 1.807) is 35.6 Å². The largest absolute Gasteiger partial charge is 0.380 e. The third-order valence-corrected chi connectivity index (χ3v) is 6.38. The Hall–Kier alpha value is -3.85. The molecule has 1 fully saturated rings. The highest BCUT2D eigenvalue weighted by molar-refractivity contribution is 7.09. The summed E-state index contributed by atoms with van der Waals surface area (Å²) in [6, 6.07) is 5.61. The minimum Gasteiger partial charge on any atom is -0.380 e. The first-order valence-electron chi connectivity index (χ1n) is 10.5. The Morgan fingerprint density at radius 2 is 2.24 bits per heavy atom. The number of benzene rings is 1. The third-order valence-electron chi connectivity index (χ3n) is 5.39. The van der Waals surface area contributed by atoms with Gasteiger partial charge in [-0.3, -0.25) is 4.79 Å². The first-order valence-corrected chi connectivity index (χ1v) is 11.4. The van der Waals surface area contributed by atoms with Crippen LogP contribution in [-0.2, 0) is 21.7 Å². The highest BCUT2D eigenvalue weighted by Gasteiger charge is 2.26. The molecular weight excluding hydrogens is 454 g/mol. The van der Waals surface area contributed by atoms with Crippen LogP contribution in [0.25, 0.3) is 16.7 Å². The number of nitrogens with two attached hydrogens (primary N) is 1. The lowest BCUT2D eigenvalue weighted by Gasteiger charge is -2.24.